The van der Waals surface area contributed by atoms with E-state index in [1.807, 2.05) is 18.3 Å². The zero-order valence-corrected chi connectivity index (χ0v) is 7.77. The maximum Gasteiger partial charge on any atom is 0.0456 e. The fourth-order valence-corrected chi connectivity index (χ4v) is 1.62. The van der Waals surface area contributed by atoms with Crippen LogP contribution in [0.2, 0.25) is 0 Å². The number of benzene rings is 1. The fourth-order valence-electron chi connectivity index (χ4n) is 1.62. The van der Waals surface area contributed by atoms with Gasteiger partial charge in [-0.25, -0.2) is 0 Å². The summed E-state index contributed by atoms with van der Waals surface area (Å²) in [6.45, 7) is 0. The number of nitrogens with zero attached hydrogens (tertiary/aromatic N) is 1. The molecule has 3 nitrogen and oxygen atoms in total. The maximum atomic E-state index is 8.27. The second-order valence-electron chi connectivity index (χ2n) is 3.20. The van der Waals surface area contributed by atoms with Gasteiger partial charge in [0, 0.05) is 23.3 Å². The average molecular weight is 188 g/mol. The van der Waals surface area contributed by atoms with Crippen LogP contribution in [0, 0.1) is 0 Å². The number of aryl methyl sites for hydroxylation is 1. The van der Waals surface area contributed by atoms with Crippen molar-refractivity contribution in [2.75, 3.05) is 0 Å². The number of hydrogen-bond acceptors (Lipinski definition) is 2. The van der Waals surface area contributed by atoms with E-state index in [2.05, 4.69) is 22.3 Å². The van der Waals surface area contributed by atoms with Crippen LogP contribution in [0.15, 0.2) is 35.6 Å². The number of hydrogen-bond donors (Lipinski definition) is 2. The Morgan fingerprint density at radius 2 is 2.21 bits per heavy atom. The van der Waals surface area contributed by atoms with E-state index >= 15 is 0 Å². The molecule has 0 unspecified atom stereocenters. The molecule has 0 fully saturated rings. The van der Waals surface area contributed by atoms with Crippen LogP contribution in [0.3, 0.4) is 0 Å². The highest BCUT2D eigenvalue weighted by molar-refractivity contribution is 5.83. The van der Waals surface area contributed by atoms with Crippen molar-refractivity contribution in [2.45, 2.75) is 12.8 Å². The number of oxime groups is 1. The first-order chi connectivity index (χ1) is 6.92. The monoisotopic (exact) mass is 188 g/mol. The van der Waals surface area contributed by atoms with Crippen LogP contribution in [0.5, 0.6) is 0 Å². The highest BCUT2D eigenvalue weighted by atomic mass is 16.4. The Kier molecular flexibility index (Phi) is 2.49. The summed E-state index contributed by atoms with van der Waals surface area (Å²) in [5.41, 5.74) is 2.42. The molecule has 0 aliphatic rings. The summed E-state index contributed by atoms with van der Waals surface area (Å²) >= 11 is 0. The number of aromatic nitrogens is 1. The van der Waals surface area contributed by atoms with Gasteiger partial charge in [-0.05, 0) is 24.5 Å². The molecule has 0 saturated heterocycles. The van der Waals surface area contributed by atoms with Gasteiger partial charge in [0.2, 0.25) is 0 Å². The second kappa shape index (κ2) is 3.96. The molecule has 0 amide bonds. The molecule has 0 atom stereocenters. The third-order valence-corrected chi connectivity index (χ3v) is 2.30. The van der Waals surface area contributed by atoms with Crippen molar-refractivity contribution in [1.82, 2.24) is 4.98 Å². The van der Waals surface area contributed by atoms with E-state index in [9.17, 15) is 0 Å². The molecule has 3 heteroatoms. The first-order valence-electron chi connectivity index (χ1n) is 4.62. The molecule has 0 saturated carbocycles. The van der Waals surface area contributed by atoms with Crippen LogP contribution < -0.4 is 0 Å². The van der Waals surface area contributed by atoms with Gasteiger partial charge in [-0.15, -0.1) is 5.16 Å². The van der Waals surface area contributed by atoms with Crippen LogP contribution in [0.4, 0.5) is 0 Å². The molecule has 0 aliphatic carbocycles. The SMILES string of the molecule is ON=CCCc1c[nH]c2ccccc12. The largest absolute Gasteiger partial charge is 0.411 e. The third-order valence-electron chi connectivity index (χ3n) is 2.30. The smallest absolute Gasteiger partial charge is 0.0456 e. The van der Waals surface area contributed by atoms with Gasteiger partial charge in [0.25, 0.3) is 0 Å². The predicted octanol–water partition coefficient (Wildman–Crippen LogP) is 2.56. The van der Waals surface area contributed by atoms with E-state index < -0.39 is 0 Å². The zero-order valence-electron chi connectivity index (χ0n) is 7.77. The van der Waals surface area contributed by atoms with E-state index in [0.717, 1.165) is 18.4 Å². The van der Waals surface area contributed by atoms with E-state index in [-0.39, 0.29) is 0 Å². The number of H-pyrrole nitrogens is 1. The molecule has 0 radical (unpaired) electrons. The standard InChI is InChI=1S/C11H12N2O/c14-13-7-3-4-9-8-12-11-6-2-1-5-10(9)11/h1-2,5-8,12,14H,3-4H2. The minimum absolute atomic E-state index is 0.762. The minimum atomic E-state index is 0.762. The summed E-state index contributed by atoms with van der Waals surface area (Å²) in [5, 5.41) is 12.5. The lowest BCUT2D eigenvalue weighted by molar-refractivity contribution is 0.320. The Bertz CT molecular complexity index is 445. The molecule has 1 aromatic heterocycles. The predicted molar refractivity (Wildman–Crippen MR) is 56.9 cm³/mol. The summed E-state index contributed by atoms with van der Waals surface area (Å²) in [7, 11) is 0. The quantitative estimate of drug-likeness (QED) is 0.434. The first-order valence-corrected chi connectivity index (χ1v) is 4.62. The number of fused-ring (bicyclic) bond motifs is 1. The second-order valence-corrected chi connectivity index (χ2v) is 3.20. The van der Waals surface area contributed by atoms with Crippen molar-refractivity contribution in [2.24, 2.45) is 5.16 Å². The molecule has 0 spiro atoms. The molecular weight excluding hydrogens is 176 g/mol. The van der Waals surface area contributed by atoms with Crippen molar-refractivity contribution in [1.29, 1.82) is 0 Å². The number of para-hydroxylation sites is 1. The zero-order chi connectivity index (χ0) is 9.80. The topological polar surface area (TPSA) is 48.4 Å². The Hall–Kier alpha value is -1.77. The van der Waals surface area contributed by atoms with E-state index in [1.165, 1.54) is 17.2 Å². The van der Waals surface area contributed by atoms with Crippen LogP contribution in [-0.2, 0) is 6.42 Å². The summed E-state index contributed by atoms with van der Waals surface area (Å²) in [5.74, 6) is 0. The van der Waals surface area contributed by atoms with Crippen molar-refractivity contribution in [3.05, 3.63) is 36.0 Å². The molecule has 2 aromatic rings. The van der Waals surface area contributed by atoms with Gasteiger partial charge in [0.05, 0.1) is 0 Å². The molecule has 2 N–H and O–H groups in total. The Morgan fingerprint density at radius 3 is 3.07 bits per heavy atom. The van der Waals surface area contributed by atoms with Crippen molar-refractivity contribution >= 4 is 17.1 Å². The average Bonchev–Trinajstić information content (AvgIpc) is 2.63. The third kappa shape index (κ3) is 1.62. The Balaban J connectivity index is 2.25. The highest BCUT2D eigenvalue weighted by Gasteiger charge is 2.00. The van der Waals surface area contributed by atoms with Crippen molar-refractivity contribution in [3.8, 4) is 0 Å². The lowest BCUT2D eigenvalue weighted by Crippen LogP contribution is -1.83. The van der Waals surface area contributed by atoms with E-state index in [4.69, 9.17) is 5.21 Å². The summed E-state index contributed by atoms with van der Waals surface area (Å²) in [6, 6.07) is 8.19. The molecule has 1 aromatic carbocycles. The van der Waals surface area contributed by atoms with Crippen LogP contribution in [0.25, 0.3) is 10.9 Å². The van der Waals surface area contributed by atoms with Crippen LogP contribution in [0.1, 0.15) is 12.0 Å². The highest BCUT2D eigenvalue weighted by Crippen LogP contribution is 2.18. The summed E-state index contributed by atoms with van der Waals surface area (Å²) in [6.07, 6.45) is 5.18. The molecule has 0 bridgehead atoms. The van der Waals surface area contributed by atoms with Crippen LogP contribution >= 0.6 is 0 Å². The van der Waals surface area contributed by atoms with Gasteiger partial charge >= 0.3 is 0 Å². The number of nitrogens with one attached hydrogen (secondary N) is 1. The van der Waals surface area contributed by atoms with Gasteiger partial charge in [0.15, 0.2) is 0 Å². The Labute approximate surface area is 82.1 Å². The van der Waals surface area contributed by atoms with Gasteiger partial charge < -0.3 is 10.2 Å². The molecule has 0 aliphatic heterocycles. The molecule has 1 heterocycles. The Morgan fingerprint density at radius 1 is 1.36 bits per heavy atom. The summed E-state index contributed by atoms with van der Waals surface area (Å²) in [4.78, 5) is 3.21. The van der Waals surface area contributed by atoms with Crippen molar-refractivity contribution in [3.63, 3.8) is 0 Å². The van der Waals surface area contributed by atoms with E-state index in [0.29, 0.717) is 0 Å². The molecule has 14 heavy (non-hydrogen) atoms. The van der Waals surface area contributed by atoms with Gasteiger partial charge in [-0.3, -0.25) is 0 Å². The van der Waals surface area contributed by atoms with Gasteiger partial charge in [-0.2, -0.15) is 0 Å². The number of aromatic amines is 1. The van der Waals surface area contributed by atoms with E-state index in [1.54, 1.807) is 0 Å². The van der Waals surface area contributed by atoms with Gasteiger partial charge in [-0.1, -0.05) is 18.2 Å². The lowest BCUT2D eigenvalue weighted by atomic mass is 10.1. The van der Waals surface area contributed by atoms with Crippen LogP contribution in [-0.4, -0.2) is 16.4 Å². The first kappa shape index (κ1) is 8.81. The van der Waals surface area contributed by atoms with Gasteiger partial charge in [0.1, 0.15) is 0 Å². The minimum Gasteiger partial charge on any atom is -0.411 e. The molecule has 72 valence electrons. The fraction of sp³-hybridized carbons (Fsp3) is 0.182. The van der Waals surface area contributed by atoms with Crippen molar-refractivity contribution < 1.29 is 5.21 Å². The normalized spacial score (nSPS) is 11.4. The molecular formula is C11H12N2O. The number of rotatable bonds is 3. The molecule has 2 rings (SSSR count). The lowest BCUT2D eigenvalue weighted by Gasteiger charge is -1.94. The maximum absolute atomic E-state index is 8.27. The summed E-state index contributed by atoms with van der Waals surface area (Å²) < 4.78 is 0.